The van der Waals surface area contributed by atoms with Crippen LogP contribution < -0.4 is 10.6 Å². The standard InChI is InChI=1S/C23H34N4O3/c1-4-8-19(26-22(29)17(5-2)24-3)23(30)27-12-11-21(28)20(27)13-15-14-25-18-10-7-6-9-16(15)18/h6-7,9-10,14,17,19-21,24-25,28H,4-5,8,11-13H2,1-3H3,(H,26,29)/t17-,19-,20-,21?/m0/s1. The summed E-state index contributed by atoms with van der Waals surface area (Å²) in [6.45, 7) is 4.45. The summed E-state index contributed by atoms with van der Waals surface area (Å²) in [5.41, 5.74) is 2.14. The van der Waals surface area contributed by atoms with Crippen LogP contribution in [0.25, 0.3) is 10.9 Å². The summed E-state index contributed by atoms with van der Waals surface area (Å²) < 4.78 is 0. The maximum absolute atomic E-state index is 13.4. The van der Waals surface area contributed by atoms with Gasteiger partial charge in [-0.3, -0.25) is 9.59 Å². The van der Waals surface area contributed by atoms with Crippen molar-refractivity contribution in [3.63, 3.8) is 0 Å². The van der Waals surface area contributed by atoms with Crippen LogP contribution in [0.15, 0.2) is 30.5 Å². The number of benzene rings is 1. The third kappa shape index (κ3) is 4.68. The highest BCUT2D eigenvalue weighted by Crippen LogP contribution is 2.27. The first kappa shape index (κ1) is 22.3. The molecule has 0 spiro atoms. The van der Waals surface area contributed by atoms with Crippen molar-refractivity contribution in [2.75, 3.05) is 13.6 Å². The number of rotatable bonds is 9. The Balaban J connectivity index is 1.77. The lowest BCUT2D eigenvalue weighted by Crippen LogP contribution is -2.54. The predicted octanol–water partition coefficient (Wildman–Crippen LogP) is 1.96. The molecule has 0 bridgehead atoms. The van der Waals surface area contributed by atoms with Crippen molar-refractivity contribution in [2.45, 2.75) is 70.2 Å². The third-order valence-corrected chi connectivity index (χ3v) is 6.16. The van der Waals surface area contributed by atoms with Gasteiger partial charge in [0.25, 0.3) is 0 Å². The van der Waals surface area contributed by atoms with E-state index >= 15 is 0 Å². The topological polar surface area (TPSA) is 97.5 Å². The number of likely N-dealkylation sites (N-methyl/N-ethyl adjacent to an activating group) is 1. The number of fused-ring (bicyclic) bond motifs is 1. The molecule has 4 N–H and O–H groups in total. The highest BCUT2D eigenvalue weighted by atomic mass is 16.3. The lowest BCUT2D eigenvalue weighted by Gasteiger charge is -2.31. The molecule has 0 saturated carbocycles. The zero-order valence-electron chi connectivity index (χ0n) is 18.1. The van der Waals surface area contributed by atoms with Gasteiger partial charge in [-0.05, 0) is 44.4 Å². The molecule has 1 aliphatic rings. The molecule has 1 aliphatic heterocycles. The second-order valence-corrected chi connectivity index (χ2v) is 8.12. The van der Waals surface area contributed by atoms with E-state index in [9.17, 15) is 14.7 Å². The van der Waals surface area contributed by atoms with Crippen LogP contribution in [0, 0.1) is 0 Å². The third-order valence-electron chi connectivity index (χ3n) is 6.16. The molecule has 2 heterocycles. The lowest BCUT2D eigenvalue weighted by molar-refractivity contribution is -0.138. The molecule has 30 heavy (non-hydrogen) atoms. The second-order valence-electron chi connectivity index (χ2n) is 8.12. The van der Waals surface area contributed by atoms with Crippen LogP contribution in [0.1, 0.15) is 45.1 Å². The van der Waals surface area contributed by atoms with E-state index in [0.717, 1.165) is 22.9 Å². The molecule has 164 valence electrons. The maximum Gasteiger partial charge on any atom is 0.245 e. The van der Waals surface area contributed by atoms with Gasteiger partial charge in [0, 0.05) is 23.6 Å². The van der Waals surface area contributed by atoms with Gasteiger partial charge >= 0.3 is 0 Å². The van der Waals surface area contributed by atoms with E-state index < -0.39 is 12.1 Å². The number of aromatic nitrogens is 1. The predicted molar refractivity (Wildman–Crippen MR) is 118 cm³/mol. The van der Waals surface area contributed by atoms with E-state index in [1.807, 2.05) is 38.2 Å². The Hall–Kier alpha value is -2.38. The van der Waals surface area contributed by atoms with E-state index in [2.05, 4.69) is 21.7 Å². The number of amides is 2. The average Bonchev–Trinajstić information content (AvgIpc) is 3.32. The minimum atomic E-state index is -0.569. The fourth-order valence-electron chi connectivity index (χ4n) is 4.42. The van der Waals surface area contributed by atoms with Crippen molar-refractivity contribution < 1.29 is 14.7 Å². The van der Waals surface area contributed by atoms with E-state index in [0.29, 0.717) is 32.2 Å². The summed E-state index contributed by atoms with van der Waals surface area (Å²) in [7, 11) is 1.75. The van der Waals surface area contributed by atoms with Gasteiger partial charge in [0.05, 0.1) is 18.2 Å². The van der Waals surface area contributed by atoms with Crippen LogP contribution >= 0.6 is 0 Å². The van der Waals surface area contributed by atoms with Crippen molar-refractivity contribution in [2.24, 2.45) is 0 Å². The summed E-state index contributed by atoms with van der Waals surface area (Å²) in [6.07, 6.45) is 4.55. The summed E-state index contributed by atoms with van der Waals surface area (Å²) in [5.74, 6) is -0.253. The molecule has 4 atom stereocenters. The van der Waals surface area contributed by atoms with Gasteiger partial charge in [0.15, 0.2) is 0 Å². The van der Waals surface area contributed by atoms with Gasteiger partial charge in [0.2, 0.25) is 11.8 Å². The smallest absolute Gasteiger partial charge is 0.245 e. The summed E-state index contributed by atoms with van der Waals surface area (Å²) in [6, 6.07) is 6.87. The number of carbonyl (C=O) groups is 2. The van der Waals surface area contributed by atoms with Crippen molar-refractivity contribution in [1.29, 1.82) is 0 Å². The van der Waals surface area contributed by atoms with Crippen molar-refractivity contribution >= 4 is 22.7 Å². The fraction of sp³-hybridized carbons (Fsp3) is 0.565. The highest BCUT2D eigenvalue weighted by Gasteiger charge is 2.39. The first-order valence-corrected chi connectivity index (χ1v) is 11.0. The Bertz CT molecular complexity index is 861. The number of para-hydroxylation sites is 1. The molecular formula is C23H34N4O3. The van der Waals surface area contributed by atoms with Crippen LogP contribution in [0.2, 0.25) is 0 Å². The molecule has 1 unspecified atom stereocenters. The van der Waals surface area contributed by atoms with Gasteiger partial charge in [-0.1, -0.05) is 38.5 Å². The minimum Gasteiger partial charge on any atom is -0.391 e. The van der Waals surface area contributed by atoms with Crippen LogP contribution in [-0.2, 0) is 16.0 Å². The Morgan fingerprint density at radius 2 is 2.03 bits per heavy atom. The van der Waals surface area contributed by atoms with Crippen molar-refractivity contribution in [1.82, 2.24) is 20.5 Å². The maximum atomic E-state index is 13.4. The average molecular weight is 415 g/mol. The number of carbonyl (C=O) groups excluding carboxylic acids is 2. The number of H-pyrrole nitrogens is 1. The molecular weight excluding hydrogens is 380 g/mol. The number of nitrogens with one attached hydrogen (secondary N) is 3. The monoisotopic (exact) mass is 414 g/mol. The molecule has 7 nitrogen and oxygen atoms in total. The van der Waals surface area contributed by atoms with Crippen molar-refractivity contribution in [3.05, 3.63) is 36.0 Å². The largest absolute Gasteiger partial charge is 0.391 e. The number of hydrogen-bond donors (Lipinski definition) is 4. The number of aliphatic hydroxyl groups excluding tert-OH is 1. The summed E-state index contributed by atoms with van der Waals surface area (Å²) in [5, 5.41) is 17.7. The number of hydrogen-bond acceptors (Lipinski definition) is 4. The molecule has 2 aromatic rings. The zero-order chi connectivity index (χ0) is 21.7. The van der Waals surface area contributed by atoms with Gasteiger partial charge < -0.3 is 25.6 Å². The van der Waals surface area contributed by atoms with Crippen LogP contribution in [0.4, 0.5) is 0 Å². The Morgan fingerprint density at radius 3 is 2.73 bits per heavy atom. The molecule has 0 aliphatic carbocycles. The number of likely N-dealkylation sites (tertiary alicyclic amines) is 1. The molecule has 2 amide bonds. The second kappa shape index (κ2) is 10.1. The fourth-order valence-corrected chi connectivity index (χ4v) is 4.42. The first-order chi connectivity index (χ1) is 14.5. The number of aliphatic hydroxyl groups is 1. The molecule has 1 fully saturated rings. The molecule has 1 aromatic carbocycles. The molecule has 3 rings (SSSR count). The zero-order valence-corrected chi connectivity index (χ0v) is 18.1. The molecule has 1 aromatic heterocycles. The van der Waals surface area contributed by atoms with Gasteiger partial charge in [-0.15, -0.1) is 0 Å². The normalized spacial score (nSPS) is 21.0. The van der Waals surface area contributed by atoms with E-state index in [1.54, 1.807) is 11.9 Å². The molecule has 0 radical (unpaired) electrons. The SMILES string of the molecule is CCC[C@H](NC(=O)[C@H](CC)NC)C(=O)N1CCC(O)[C@@H]1Cc1c[nH]c2ccccc12. The van der Waals surface area contributed by atoms with Crippen LogP contribution in [0.3, 0.4) is 0 Å². The molecule has 7 heteroatoms. The van der Waals surface area contributed by atoms with Crippen LogP contribution in [-0.4, -0.2) is 64.6 Å². The Labute approximate surface area is 178 Å². The van der Waals surface area contributed by atoms with E-state index in [1.165, 1.54) is 0 Å². The van der Waals surface area contributed by atoms with Gasteiger partial charge in [0.1, 0.15) is 6.04 Å². The number of aromatic amines is 1. The van der Waals surface area contributed by atoms with Gasteiger partial charge in [-0.2, -0.15) is 0 Å². The Kier molecular flexibility index (Phi) is 7.50. The summed E-state index contributed by atoms with van der Waals surface area (Å²) >= 11 is 0. The molecule has 1 saturated heterocycles. The van der Waals surface area contributed by atoms with E-state index in [4.69, 9.17) is 0 Å². The number of nitrogens with zero attached hydrogens (tertiary/aromatic N) is 1. The van der Waals surface area contributed by atoms with E-state index in [-0.39, 0.29) is 23.9 Å². The van der Waals surface area contributed by atoms with Crippen LogP contribution in [0.5, 0.6) is 0 Å². The minimum absolute atomic E-state index is 0.0995. The van der Waals surface area contributed by atoms with Gasteiger partial charge in [-0.25, -0.2) is 0 Å². The Morgan fingerprint density at radius 1 is 1.27 bits per heavy atom. The summed E-state index contributed by atoms with van der Waals surface area (Å²) in [4.78, 5) is 31.0. The lowest BCUT2D eigenvalue weighted by atomic mass is 10.0. The van der Waals surface area contributed by atoms with Crippen molar-refractivity contribution in [3.8, 4) is 0 Å². The quantitative estimate of drug-likeness (QED) is 0.504. The first-order valence-electron chi connectivity index (χ1n) is 11.0. The highest BCUT2D eigenvalue weighted by molar-refractivity contribution is 5.90.